The van der Waals surface area contributed by atoms with Crippen LogP contribution >= 0.6 is 0 Å². The van der Waals surface area contributed by atoms with E-state index in [4.69, 9.17) is 4.98 Å². The van der Waals surface area contributed by atoms with Gasteiger partial charge in [0.15, 0.2) is 0 Å². The predicted molar refractivity (Wildman–Crippen MR) is 87.2 cm³/mol. The predicted octanol–water partition coefficient (Wildman–Crippen LogP) is 5.24. The number of rotatable bonds is 2. The smallest absolute Gasteiger partial charge is 0.139 e. The summed E-state index contributed by atoms with van der Waals surface area (Å²) in [6.45, 7) is 6.02. The molecule has 3 heteroatoms. The largest absolute Gasteiger partial charge is 0.250 e. The normalized spacial score (nSPS) is 13.5. The molecule has 0 N–H and O–H groups in total. The van der Waals surface area contributed by atoms with Crippen LogP contribution in [0, 0.1) is 10.3 Å². The van der Waals surface area contributed by atoms with Crippen LogP contribution in [0.5, 0.6) is 0 Å². The molecule has 106 valence electrons. The van der Waals surface area contributed by atoms with Gasteiger partial charge in [0.1, 0.15) is 6.04 Å². The Balaban J connectivity index is 2.27. The van der Waals surface area contributed by atoms with Crippen molar-refractivity contribution in [3.8, 4) is 0 Å². The molecule has 0 aliphatic carbocycles. The number of aromatic nitrogens is 1. The van der Waals surface area contributed by atoms with Crippen molar-refractivity contribution < 1.29 is 0 Å². The monoisotopic (exact) mass is 278 g/mol. The van der Waals surface area contributed by atoms with E-state index in [2.05, 4.69) is 29.4 Å². The summed E-state index contributed by atoms with van der Waals surface area (Å²) in [7, 11) is 0. The van der Waals surface area contributed by atoms with Gasteiger partial charge in [-0.2, -0.15) is 4.91 Å². The van der Waals surface area contributed by atoms with Gasteiger partial charge in [0.05, 0.1) is 11.2 Å². The van der Waals surface area contributed by atoms with Gasteiger partial charge in [0.25, 0.3) is 0 Å². The SMILES string of the molecule is CC(C)(C)C(N=O)c1ccc2ccc3ccccc3c2n1. The van der Waals surface area contributed by atoms with E-state index < -0.39 is 6.04 Å². The van der Waals surface area contributed by atoms with Gasteiger partial charge in [-0.15, -0.1) is 0 Å². The number of nitrogens with zero attached hydrogens (tertiary/aromatic N) is 2. The lowest BCUT2D eigenvalue weighted by Crippen LogP contribution is -2.17. The molecule has 1 heterocycles. The first-order valence-corrected chi connectivity index (χ1v) is 7.11. The molecule has 1 aromatic heterocycles. The molecule has 2 aromatic carbocycles. The molecule has 0 aliphatic rings. The van der Waals surface area contributed by atoms with Crippen LogP contribution < -0.4 is 0 Å². The maximum absolute atomic E-state index is 11.3. The van der Waals surface area contributed by atoms with Crippen molar-refractivity contribution in [2.45, 2.75) is 26.8 Å². The number of benzene rings is 2. The van der Waals surface area contributed by atoms with E-state index in [9.17, 15) is 4.91 Å². The second-order valence-corrected chi connectivity index (χ2v) is 6.47. The van der Waals surface area contributed by atoms with Crippen molar-refractivity contribution in [1.82, 2.24) is 4.98 Å². The van der Waals surface area contributed by atoms with Crippen molar-refractivity contribution in [1.29, 1.82) is 0 Å². The molecule has 21 heavy (non-hydrogen) atoms. The van der Waals surface area contributed by atoms with Gasteiger partial charge in [-0.1, -0.05) is 68.4 Å². The summed E-state index contributed by atoms with van der Waals surface area (Å²) >= 11 is 0. The molecule has 3 rings (SSSR count). The first-order valence-electron chi connectivity index (χ1n) is 7.11. The maximum Gasteiger partial charge on any atom is 0.139 e. The number of hydrogen-bond donors (Lipinski definition) is 0. The van der Waals surface area contributed by atoms with Gasteiger partial charge < -0.3 is 0 Å². The highest BCUT2D eigenvalue weighted by molar-refractivity contribution is 6.05. The van der Waals surface area contributed by atoms with Crippen LogP contribution in [-0.4, -0.2) is 4.98 Å². The third-order valence-electron chi connectivity index (χ3n) is 3.81. The first kappa shape index (κ1) is 13.7. The van der Waals surface area contributed by atoms with Crippen molar-refractivity contribution in [3.05, 3.63) is 59.1 Å². The van der Waals surface area contributed by atoms with Gasteiger partial charge in [0.2, 0.25) is 0 Å². The highest BCUT2D eigenvalue weighted by Crippen LogP contribution is 2.36. The van der Waals surface area contributed by atoms with E-state index in [1.165, 1.54) is 0 Å². The quantitative estimate of drug-likeness (QED) is 0.475. The molecule has 3 nitrogen and oxygen atoms in total. The topological polar surface area (TPSA) is 42.3 Å². The molecule has 0 bridgehead atoms. The molecule has 1 unspecified atom stereocenters. The number of hydrogen-bond acceptors (Lipinski definition) is 3. The molecule has 1 atom stereocenters. The minimum atomic E-state index is -0.444. The fourth-order valence-corrected chi connectivity index (χ4v) is 2.68. The molecular formula is C18H18N2O. The van der Waals surface area contributed by atoms with E-state index >= 15 is 0 Å². The molecule has 0 amide bonds. The van der Waals surface area contributed by atoms with Crippen molar-refractivity contribution in [3.63, 3.8) is 0 Å². The van der Waals surface area contributed by atoms with Crippen LogP contribution in [0.3, 0.4) is 0 Å². The minimum absolute atomic E-state index is 0.243. The van der Waals surface area contributed by atoms with Gasteiger partial charge >= 0.3 is 0 Å². The highest BCUT2D eigenvalue weighted by Gasteiger charge is 2.28. The summed E-state index contributed by atoms with van der Waals surface area (Å²) in [4.78, 5) is 16.0. The van der Waals surface area contributed by atoms with E-state index in [0.717, 1.165) is 27.4 Å². The molecule has 0 aliphatic heterocycles. The second-order valence-electron chi connectivity index (χ2n) is 6.47. The molecule has 0 fully saturated rings. The Morgan fingerprint density at radius 2 is 1.62 bits per heavy atom. The van der Waals surface area contributed by atoms with Gasteiger partial charge in [0, 0.05) is 10.8 Å². The summed E-state index contributed by atoms with van der Waals surface area (Å²) in [5, 5.41) is 6.64. The van der Waals surface area contributed by atoms with E-state index in [-0.39, 0.29) is 5.41 Å². The Labute approximate surface area is 124 Å². The van der Waals surface area contributed by atoms with Gasteiger partial charge in [-0.3, -0.25) is 0 Å². The minimum Gasteiger partial charge on any atom is -0.250 e. The van der Waals surface area contributed by atoms with Crippen LogP contribution in [0.2, 0.25) is 0 Å². The number of fused-ring (bicyclic) bond motifs is 3. The average Bonchev–Trinajstić information content (AvgIpc) is 2.46. The van der Waals surface area contributed by atoms with Crippen LogP contribution in [0.4, 0.5) is 0 Å². The molecule has 0 spiro atoms. The lowest BCUT2D eigenvalue weighted by molar-refractivity contribution is 0.322. The standard InChI is InChI=1S/C18H18N2O/c1-18(2,3)17(20-21)15-11-10-13-9-8-12-6-4-5-7-14(12)16(13)19-15/h4-11,17H,1-3H3. The Morgan fingerprint density at radius 3 is 2.33 bits per heavy atom. The Kier molecular flexibility index (Phi) is 3.20. The Hall–Kier alpha value is -2.29. The summed E-state index contributed by atoms with van der Waals surface area (Å²) in [5.74, 6) is 0. The number of pyridine rings is 1. The lowest BCUT2D eigenvalue weighted by Gasteiger charge is -2.24. The lowest BCUT2D eigenvalue weighted by atomic mass is 9.85. The van der Waals surface area contributed by atoms with Crippen LogP contribution in [-0.2, 0) is 0 Å². The van der Waals surface area contributed by atoms with Crippen LogP contribution in [0.15, 0.2) is 53.7 Å². The summed E-state index contributed by atoms with van der Waals surface area (Å²) in [5.41, 5.74) is 1.43. The van der Waals surface area contributed by atoms with E-state index in [1.54, 1.807) is 0 Å². The molecule has 0 saturated carbocycles. The molecule has 3 aromatic rings. The second kappa shape index (κ2) is 4.92. The summed E-state index contributed by atoms with van der Waals surface area (Å²) < 4.78 is 0. The molecular weight excluding hydrogens is 260 g/mol. The van der Waals surface area contributed by atoms with E-state index in [1.807, 2.05) is 45.0 Å². The van der Waals surface area contributed by atoms with Crippen molar-refractivity contribution in [2.24, 2.45) is 10.6 Å². The summed E-state index contributed by atoms with van der Waals surface area (Å²) in [6, 6.07) is 15.8. The fourth-order valence-electron chi connectivity index (χ4n) is 2.68. The first-order chi connectivity index (χ1) is 10.0. The molecule has 0 saturated heterocycles. The molecule has 0 radical (unpaired) electrons. The van der Waals surface area contributed by atoms with Crippen LogP contribution in [0.1, 0.15) is 32.5 Å². The van der Waals surface area contributed by atoms with Crippen molar-refractivity contribution in [2.75, 3.05) is 0 Å². The summed E-state index contributed by atoms with van der Waals surface area (Å²) in [6.07, 6.45) is 0. The van der Waals surface area contributed by atoms with E-state index in [0.29, 0.717) is 0 Å². The third-order valence-corrected chi connectivity index (χ3v) is 3.81. The zero-order valence-electron chi connectivity index (χ0n) is 12.5. The fraction of sp³-hybridized carbons (Fsp3) is 0.278. The highest BCUT2D eigenvalue weighted by atomic mass is 16.3. The average molecular weight is 278 g/mol. The maximum atomic E-state index is 11.3. The zero-order chi connectivity index (χ0) is 15.0. The third kappa shape index (κ3) is 2.40. The van der Waals surface area contributed by atoms with Crippen LogP contribution in [0.25, 0.3) is 21.7 Å². The zero-order valence-corrected chi connectivity index (χ0v) is 12.5. The Morgan fingerprint density at radius 1 is 0.952 bits per heavy atom. The Bertz CT molecular complexity index is 818. The van der Waals surface area contributed by atoms with Gasteiger partial charge in [-0.05, 0) is 16.9 Å². The number of nitroso groups, excluding NO2 is 1. The van der Waals surface area contributed by atoms with Crippen molar-refractivity contribution >= 4 is 21.7 Å². The van der Waals surface area contributed by atoms with Gasteiger partial charge in [-0.25, -0.2) is 4.98 Å².